The highest BCUT2D eigenvalue weighted by atomic mass is 16.1. The van der Waals surface area contributed by atoms with Gasteiger partial charge in [-0.2, -0.15) is 0 Å². The minimum atomic E-state index is 0.0114. The van der Waals surface area contributed by atoms with Crippen molar-refractivity contribution in [2.45, 2.75) is 19.8 Å². The number of aromatic nitrogens is 2. The first-order valence-corrected chi connectivity index (χ1v) is 6.50. The Kier molecular flexibility index (Phi) is 4.16. The Hall–Kier alpha value is -1.88. The number of fused-ring (bicyclic) bond motifs is 1. The zero-order valence-corrected chi connectivity index (χ0v) is 11.4. The van der Waals surface area contributed by atoms with Crippen LogP contribution in [0.3, 0.4) is 0 Å². The summed E-state index contributed by atoms with van der Waals surface area (Å²) in [5, 5.41) is 2.85. The molecule has 3 N–H and O–H groups in total. The van der Waals surface area contributed by atoms with Gasteiger partial charge in [-0.1, -0.05) is 6.07 Å². The van der Waals surface area contributed by atoms with Crippen LogP contribution in [0.25, 0.3) is 11.0 Å². The Labute approximate surface area is 112 Å². The predicted molar refractivity (Wildman–Crippen MR) is 75.8 cm³/mol. The van der Waals surface area contributed by atoms with Crippen LogP contribution < -0.4 is 11.1 Å². The number of carbonyl (C=O) groups is 1. The number of nitrogens with zero attached hydrogens (tertiary/aromatic N) is 2. The van der Waals surface area contributed by atoms with E-state index in [1.165, 1.54) is 5.56 Å². The Bertz CT molecular complexity index is 588. The summed E-state index contributed by atoms with van der Waals surface area (Å²) < 4.78 is 2.07. The third-order valence-corrected chi connectivity index (χ3v) is 3.28. The molecule has 0 spiro atoms. The number of carbonyl (C=O) groups excluding carboxylic acids is 1. The predicted octanol–water partition coefficient (Wildman–Crippen LogP) is 0.889. The van der Waals surface area contributed by atoms with Crippen molar-refractivity contribution in [3.8, 4) is 0 Å². The summed E-state index contributed by atoms with van der Waals surface area (Å²) in [5.74, 6) is 1.01. The number of rotatable bonds is 5. The van der Waals surface area contributed by atoms with Gasteiger partial charge in [-0.3, -0.25) is 4.79 Å². The summed E-state index contributed by atoms with van der Waals surface area (Å²) in [4.78, 5) is 15.8. The lowest BCUT2D eigenvalue weighted by molar-refractivity contribution is -0.120. The van der Waals surface area contributed by atoms with Crippen LogP contribution in [0.4, 0.5) is 0 Å². The SMILES string of the molecule is Cc1nc2cc(CCNC(=O)CCN)ccc2n1C. The first-order chi connectivity index (χ1) is 9.11. The van der Waals surface area contributed by atoms with Gasteiger partial charge in [0.1, 0.15) is 5.82 Å². The van der Waals surface area contributed by atoms with E-state index in [4.69, 9.17) is 5.73 Å². The third-order valence-electron chi connectivity index (χ3n) is 3.28. The van der Waals surface area contributed by atoms with Gasteiger partial charge in [0, 0.05) is 26.6 Å². The fraction of sp³-hybridized carbons (Fsp3) is 0.429. The van der Waals surface area contributed by atoms with E-state index < -0.39 is 0 Å². The number of nitrogens with two attached hydrogens (primary N) is 1. The molecule has 0 unspecified atom stereocenters. The molecule has 0 aliphatic heterocycles. The second-order valence-electron chi connectivity index (χ2n) is 4.68. The molecular weight excluding hydrogens is 240 g/mol. The number of aryl methyl sites for hydroxylation is 2. The van der Waals surface area contributed by atoms with Crippen molar-refractivity contribution < 1.29 is 4.79 Å². The van der Waals surface area contributed by atoms with E-state index >= 15 is 0 Å². The quantitative estimate of drug-likeness (QED) is 0.838. The molecule has 0 aliphatic carbocycles. The zero-order chi connectivity index (χ0) is 13.8. The molecule has 0 saturated heterocycles. The molecule has 1 aromatic carbocycles. The second kappa shape index (κ2) is 5.84. The molecule has 2 aromatic rings. The van der Waals surface area contributed by atoms with Gasteiger partial charge in [-0.25, -0.2) is 4.98 Å². The highest BCUT2D eigenvalue weighted by Crippen LogP contribution is 2.16. The first kappa shape index (κ1) is 13.5. The average Bonchev–Trinajstić information content (AvgIpc) is 2.65. The van der Waals surface area contributed by atoms with Crippen molar-refractivity contribution in [2.75, 3.05) is 13.1 Å². The maximum Gasteiger partial charge on any atom is 0.221 e. The number of nitrogens with one attached hydrogen (secondary N) is 1. The van der Waals surface area contributed by atoms with Gasteiger partial charge in [0.25, 0.3) is 0 Å². The van der Waals surface area contributed by atoms with Gasteiger partial charge in [-0.15, -0.1) is 0 Å². The largest absolute Gasteiger partial charge is 0.356 e. The molecule has 0 aliphatic rings. The smallest absolute Gasteiger partial charge is 0.221 e. The van der Waals surface area contributed by atoms with Gasteiger partial charge in [0.2, 0.25) is 5.91 Å². The molecule has 0 radical (unpaired) electrons. The summed E-state index contributed by atoms with van der Waals surface area (Å²) in [6, 6.07) is 6.24. The Morgan fingerprint density at radius 3 is 3.00 bits per heavy atom. The van der Waals surface area contributed by atoms with Crippen LogP contribution in [0.5, 0.6) is 0 Å². The summed E-state index contributed by atoms with van der Waals surface area (Å²) in [6.07, 6.45) is 1.19. The van der Waals surface area contributed by atoms with E-state index in [-0.39, 0.29) is 5.91 Å². The fourth-order valence-corrected chi connectivity index (χ4v) is 2.09. The molecule has 2 rings (SSSR count). The number of imidazole rings is 1. The van der Waals surface area contributed by atoms with Crippen LogP contribution in [0, 0.1) is 6.92 Å². The molecule has 1 aromatic heterocycles. The molecule has 5 nitrogen and oxygen atoms in total. The van der Waals surface area contributed by atoms with Gasteiger partial charge in [0.05, 0.1) is 11.0 Å². The number of amides is 1. The zero-order valence-electron chi connectivity index (χ0n) is 11.4. The maximum atomic E-state index is 11.3. The monoisotopic (exact) mass is 260 g/mol. The van der Waals surface area contributed by atoms with E-state index in [9.17, 15) is 4.79 Å². The van der Waals surface area contributed by atoms with Crippen LogP contribution >= 0.6 is 0 Å². The van der Waals surface area contributed by atoms with E-state index in [1.807, 2.05) is 14.0 Å². The van der Waals surface area contributed by atoms with Gasteiger partial charge < -0.3 is 15.6 Å². The Morgan fingerprint density at radius 2 is 2.26 bits per heavy atom. The van der Waals surface area contributed by atoms with Gasteiger partial charge in [0.15, 0.2) is 0 Å². The van der Waals surface area contributed by atoms with E-state index in [0.29, 0.717) is 19.5 Å². The molecular formula is C14H20N4O. The molecule has 1 heterocycles. The number of hydrogen-bond donors (Lipinski definition) is 2. The fourth-order valence-electron chi connectivity index (χ4n) is 2.09. The van der Waals surface area contributed by atoms with Crippen LogP contribution in [-0.2, 0) is 18.3 Å². The molecule has 1 amide bonds. The van der Waals surface area contributed by atoms with Crippen LogP contribution in [-0.4, -0.2) is 28.5 Å². The number of hydrogen-bond acceptors (Lipinski definition) is 3. The van der Waals surface area contributed by atoms with Crippen molar-refractivity contribution in [3.05, 3.63) is 29.6 Å². The lowest BCUT2D eigenvalue weighted by Crippen LogP contribution is -2.27. The molecule has 0 saturated carbocycles. The number of benzene rings is 1. The Morgan fingerprint density at radius 1 is 1.47 bits per heavy atom. The lowest BCUT2D eigenvalue weighted by atomic mass is 10.1. The molecule has 19 heavy (non-hydrogen) atoms. The minimum Gasteiger partial charge on any atom is -0.356 e. The van der Waals surface area contributed by atoms with E-state index in [2.05, 4.69) is 33.1 Å². The Balaban J connectivity index is 2.00. The summed E-state index contributed by atoms with van der Waals surface area (Å²) in [6.45, 7) is 3.02. The molecule has 102 valence electrons. The van der Waals surface area contributed by atoms with Gasteiger partial charge in [-0.05, 0) is 31.0 Å². The lowest BCUT2D eigenvalue weighted by Gasteiger charge is -2.04. The van der Waals surface area contributed by atoms with Crippen molar-refractivity contribution in [1.82, 2.24) is 14.9 Å². The van der Waals surface area contributed by atoms with Gasteiger partial charge >= 0.3 is 0 Å². The normalized spacial score (nSPS) is 10.9. The average molecular weight is 260 g/mol. The van der Waals surface area contributed by atoms with Crippen molar-refractivity contribution in [2.24, 2.45) is 12.8 Å². The van der Waals surface area contributed by atoms with E-state index in [1.54, 1.807) is 0 Å². The maximum absolute atomic E-state index is 11.3. The van der Waals surface area contributed by atoms with Crippen LogP contribution in [0.2, 0.25) is 0 Å². The standard InChI is InChI=1S/C14H20N4O/c1-10-17-12-9-11(3-4-13(12)18(10)2)6-8-16-14(19)5-7-15/h3-4,9H,5-8,15H2,1-2H3,(H,16,19). The summed E-state index contributed by atoms with van der Waals surface area (Å²) >= 11 is 0. The molecule has 0 bridgehead atoms. The first-order valence-electron chi connectivity index (χ1n) is 6.50. The molecule has 0 atom stereocenters. The minimum absolute atomic E-state index is 0.0114. The van der Waals surface area contributed by atoms with Crippen LogP contribution in [0.15, 0.2) is 18.2 Å². The second-order valence-corrected chi connectivity index (χ2v) is 4.68. The molecule has 5 heteroatoms. The van der Waals surface area contributed by atoms with Crippen molar-refractivity contribution in [3.63, 3.8) is 0 Å². The van der Waals surface area contributed by atoms with E-state index in [0.717, 1.165) is 23.3 Å². The van der Waals surface area contributed by atoms with Crippen molar-refractivity contribution >= 4 is 16.9 Å². The summed E-state index contributed by atoms with van der Waals surface area (Å²) in [7, 11) is 2.01. The summed E-state index contributed by atoms with van der Waals surface area (Å²) in [5.41, 5.74) is 8.64. The molecule has 0 fully saturated rings. The highest BCUT2D eigenvalue weighted by molar-refractivity contribution is 5.77. The highest BCUT2D eigenvalue weighted by Gasteiger charge is 2.05. The third kappa shape index (κ3) is 3.12. The van der Waals surface area contributed by atoms with Crippen LogP contribution in [0.1, 0.15) is 17.8 Å². The topological polar surface area (TPSA) is 72.9 Å². The van der Waals surface area contributed by atoms with Crippen molar-refractivity contribution in [1.29, 1.82) is 0 Å².